The summed E-state index contributed by atoms with van der Waals surface area (Å²) in [6.45, 7) is 5.73. The number of nitrogens with two attached hydrogens (primary N) is 1. The Morgan fingerprint density at radius 1 is 1.37 bits per heavy atom. The predicted octanol–water partition coefficient (Wildman–Crippen LogP) is 3.02. The standard InChI is InChI=1S/C16H21N3/c1-2-19-9-3-4-13(11-19)16-15-6-5-14(17)10-12(15)7-8-18-16/h5-8,10,13H,2-4,9,11,17H2,1H3. The van der Waals surface area contributed by atoms with Gasteiger partial charge in [0.25, 0.3) is 0 Å². The Morgan fingerprint density at radius 3 is 3.11 bits per heavy atom. The number of nitrogen functional groups attached to an aromatic ring is 1. The minimum Gasteiger partial charge on any atom is -0.399 e. The Balaban J connectivity index is 2.00. The third-order valence-electron chi connectivity index (χ3n) is 4.16. The molecule has 3 nitrogen and oxygen atoms in total. The van der Waals surface area contributed by atoms with Gasteiger partial charge in [0.2, 0.25) is 0 Å². The number of aromatic nitrogens is 1. The third-order valence-corrected chi connectivity index (χ3v) is 4.16. The highest BCUT2D eigenvalue weighted by molar-refractivity contribution is 5.87. The second-order valence-corrected chi connectivity index (χ2v) is 5.41. The van der Waals surface area contributed by atoms with E-state index in [0.717, 1.165) is 18.8 Å². The molecule has 2 N–H and O–H groups in total. The summed E-state index contributed by atoms with van der Waals surface area (Å²) in [4.78, 5) is 7.18. The molecular weight excluding hydrogens is 234 g/mol. The molecule has 1 aromatic heterocycles. The van der Waals surface area contributed by atoms with Crippen LogP contribution in [0.4, 0.5) is 5.69 Å². The molecule has 1 aliphatic rings. The Hall–Kier alpha value is -1.61. The summed E-state index contributed by atoms with van der Waals surface area (Å²) in [5.74, 6) is 0.557. The fraction of sp³-hybridized carbons (Fsp3) is 0.438. The van der Waals surface area contributed by atoms with Crippen LogP contribution in [0.25, 0.3) is 10.8 Å². The molecule has 2 heterocycles. The number of likely N-dealkylation sites (tertiary alicyclic amines) is 1. The minimum atomic E-state index is 0.557. The van der Waals surface area contributed by atoms with Crippen LogP contribution in [0.5, 0.6) is 0 Å². The predicted molar refractivity (Wildman–Crippen MR) is 80.2 cm³/mol. The van der Waals surface area contributed by atoms with Crippen LogP contribution in [0, 0.1) is 0 Å². The van der Waals surface area contributed by atoms with Crippen LogP contribution >= 0.6 is 0 Å². The van der Waals surface area contributed by atoms with Crippen molar-refractivity contribution in [2.24, 2.45) is 0 Å². The number of fused-ring (bicyclic) bond motifs is 1. The van der Waals surface area contributed by atoms with Gasteiger partial charge in [-0.15, -0.1) is 0 Å². The van der Waals surface area contributed by atoms with Crippen molar-refractivity contribution in [2.45, 2.75) is 25.7 Å². The van der Waals surface area contributed by atoms with E-state index in [4.69, 9.17) is 5.73 Å². The number of hydrogen-bond donors (Lipinski definition) is 1. The summed E-state index contributed by atoms with van der Waals surface area (Å²) < 4.78 is 0. The van der Waals surface area contributed by atoms with E-state index in [2.05, 4.69) is 28.9 Å². The van der Waals surface area contributed by atoms with Crippen molar-refractivity contribution in [3.8, 4) is 0 Å². The number of piperidine rings is 1. The first-order valence-corrected chi connectivity index (χ1v) is 7.14. The van der Waals surface area contributed by atoms with Crippen molar-refractivity contribution >= 4 is 16.5 Å². The van der Waals surface area contributed by atoms with Gasteiger partial charge >= 0.3 is 0 Å². The highest BCUT2D eigenvalue weighted by Crippen LogP contribution is 2.31. The number of rotatable bonds is 2. The first-order valence-electron chi connectivity index (χ1n) is 7.14. The highest BCUT2D eigenvalue weighted by Gasteiger charge is 2.22. The maximum atomic E-state index is 5.87. The molecule has 0 aliphatic carbocycles. The molecule has 0 saturated carbocycles. The smallest absolute Gasteiger partial charge is 0.0525 e. The number of anilines is 1. The molecule has 1 aromatic carbocycles. The number of pyridine rings is 1. The van der Waals surface area contributed by atoms with Crippen molar-refractivity contribution < 1.29 is 0 Å². The lowest BCUT2D eigenvalue weighted by Gasteiger charge is -2.32. The van der Waals surface area contributed by atoms with Gasteiger partial charge in [0.1, 0.15) is 0 Å². The van der Waals surface area contributed by atoms with E-state index in [0.29, 0.717) is 5.92 Å². The van der Waals surface area contributed by atoms with E-state index >= 15 is 0 Å². The summed E-state index contributed by atoms with van der Waals surface area (Å²) in [5.41, 5.74) is 7.94. The van der Waals surface area contributed by atoms with Crippen LogP contribution in [0.2, 0.25) is 0 Å². The molecule has 0 spiro atoms. The number of benzene rings is 1. The highest BCUT2D eigenvalue weighted by atomic mass is 15.1. The Morgan fingerprint density at radius 2 is 2.26 bits per heavy atom. The number of nitrogens with zero attached hydrogens (tertiary/aromatic N) is 2. The monoisotopic (exact) mass is 255 g/mol. The zero-order chi connectivity index (χ0) is 13.2. The zero-order valence-corrected chi connectivity index (χ0v) is 11.5. The van der Waals surface area contributed by atoms with Crippen LogP contribution in [-0.2, 0) is 0 Å². The molecule has 1 unspecified atom stereocenters. The lowest BCUT2D eigenvalue weighted by atomic mass is 9.91. The fourth-order valence-corrected chi connectivity index (χ4v) is 3.11. The van der Waals surface area contributed by atoms with E-state index in [1.54, 1.807) is 0 Å². The molecule has 0 amide bonds. The third kappa shape index (κ3) is 2.43. The van der Waals surface area contributed by atoms with E-state index in [9.17, 15) is 0 Å². The molecule has 1 aliphatic heterocycles. The lowest BCUT2D eigenvalue weighted by Crippen LogP contribution is -2.34. The molecule has 2 aromatic rings. The summed E-state index contributed by atoms with van der Waals surface area (Å²) in [7, 11) is 0. The van der Waals surface area contributed by atoms with Crippen molar-refractivity contribution in [1.29, 1.82) is 0 Å². The van der Waals surface area contributed by atoms with Crippen LogP contribution in [0.15, 0.2) is 30.5 Å². The van der Waals surface area contributed by atoms with Gasteiger partial charge in [0.15, 0.2) is 0 Å². The maximum absolute atomic E-state index is 5.87. The van der Waals surface area contributed by atoms with E-state index in [1.165, 1.54) is 35.9 Å². The summed E-state index contributed by atoms with van der Waals surface area (Å²) in [5, 5.41) is 2.47. The SMILES string of the molecule is CCN1CCCC(c2nccc3cc(N)ccc23)C1. The van der Waals surface area contributed by atoms with Gasteiger partial charge in [0, 0.05) is 29.7 Å². The average Bonchev–Trinajstić information content (AvgIpc) is 2.46. The Labute approximate surface area is 114 Å². The lowest BCUT2D eigenvalue weighted by molar-refractivity contribution is 0.216. The Kier molecular flexibility index (Phi) is 3.38. The van der Waals surface area contributed by atoms with Crippen molar-refractivity contribution in [1.82, 2.24) is 9.88 Å². The van der Waals surface area contributed by atoms with Gasteiger partial charge in [0.05, 0.1) is 5.69 Å². The average molecular weight is 255 g/mol. The van der Waals surface area contributed by atoms with Crippen LogP contribution < -0.4 is 5.73 Å². The van der Waals surface area contributed by atoms with E-state index < -0.39 is 0 Å². The second-order valence-electron chi connectivity index (χ2n) is 5.41. The molecule has 0 radical (unpaired) electrons. The topological polar surface area (TPSA) is 42.2 Å². The molecule has 1 saturated heterocycles. The van der Waals surface area contributed by atoms with Crippen molar-refractivity contribution in [3.05, 3.63) is 36.2 Å². The van der Waals surface area contributed by atoms with E-state index in [-0.39, 0.29) is 0 Å². The fourth-order valence-electron chi connectivity index (χ4n) is 3.11. The van der Waals surface area contributed by atoms with Gasteiger partial charge in [-0.2, -0.15) is 0 Å². The van der Waals surface area contributed by atoms with Gasteiger partial charge in [-0.3, -0.25) is 4.98 Å². The molecule has 3 heteroatoms. The molecule has 0 bridgehead atoms. The second kappa shape index (κ2) is 5.17. The minimum absolute atomic E-state index is 0.557. The van der Waals surface area contributed by atoms with Gasteiger partial charge in [-0.1, -0.05) is 13.0 Å². The van der Waals surface area contributed by atoms with Crippen molar-refractivity contribution in [3.63, 3.8) is 0 Å². The molecule has 1 fully saturated rings. The largest absolute Gasteiger partial charge is 0.399 e. The van der Waals surface area contributed by atoms with Crippen LogP contribution in [0.1, 0.15) is 31.4 Å². The Bertz CT molecular complexity index is 579. The summed E-state index contributed by atoms with van der Waals surface area (Å²) in [6.07, 6.45) is 4.43. The molecule has 100 valence electrons. The van der Waals surface area contributed by atoms with Gasteiger partial charge in [-0.05, 0) is 49.5 Å². The molecule has 3 rings (SSSR count). The summed E-state index contributed by atoms with van der Waals surface area (Å²) in [6, 6.07) is 8.20. The van der Waals surface area contributed by atoms with Crippen molar-refractivity contribution in [2.75, 3.05) is 25.4 Å². The molecule has 1 atom stereocenters. The molecular formula is C16H21N3. The number of hydrogen-bond acceptors (Lipinski definition) is 3. The normalized spacial score (nSPS) is 20.8. The molecule has 19 heavy (non-hydrogen) atoms. The van der Waals surface area contributed by atoms with E-state index in [1.807, 2.05) is 18.3 Å². The zero-order valence-electron chi connectivity index (χ0n) is 11.5. The van der Waals surface area contributed by atoms with Crippen LogP contribution in [-0.4, -0.2) is 29.5 Å². The van der Waals surface area contributed by atoms with Gasteiger partial charge < -0.3 is 10.6 Å². The first-order chi connectivity index (χ1) is 9.28. The summed E-state index contributed by atoms with van der Waals surface area (Å²) >= 11 is 0. The van der Waals surface area contributed by atoms with Gasteiger partial charge in [-0.25, -0.2) is 0 Å². The maximum Gasteiger partial charge on any atom is 0.0525 e. The number of likely N-dealkylation sites (N-methyl/N-ethyl adjacent to an activating group) is 1. The van der Waals surface area contributed by atoms with Crippen LogP contribution in [0.3, 0.4) is 0 Å². The quantitative estimate of drug-likeness (QED) is 0.839. The first kappa shape index (κ1) is 12.4.